The Labute approximate surface area is 123 Å². The van der Waals surface area contributed by atoms with Crippen molar-refractivity contribution in [3.05, 3.63) is 0 Å². The van der Waals surface area contributed by atoms with Crippen molar-refractivity contribution in [3.8, 4) is 0 Å². The number of rotatable bonds is 8. The average molecular weight is 288 g/mol. The number of amides is 1. The van der Waals surface area contributed by atoms with Crippen molar-refractivity contribution in [1.82, 2.24) is 10.6 Å². The molecule has 0 rings (SSSR count). The zero-order valence-corrected chi connectivity index (χ0v) is 14.1. The molecule has 0 aliphatic rings. The Bertz CT molecular complexity index is 275. The summed E-state index contributed by atoms with van der Waals surface area (Å²) in [6.07, 6.45) is 0.563. The van der Waals surface area contributed by atoms with Crippen molar-refractivity contribution in [1.29, 1.82) is 0 Å². The predicted octanol–water partition coefficient (Wildman–Crippen LogP) is 2.55. The van der Waals surface area contributed by atoms with Crippen LogP contribution in [-0.4, -0.2) is 44.0 Å². The van der Waals surface area contributed by atoms with Gasteiger partial charge in [-0.25, -0.2) is 4.79 Å². The van der Waals surface area contributed by atoms with Crippen LogP contribution >= 0.6 is 0 Å². The fourth-order valence-electron chi connectivity index (χ4n) is 1.76. The Morgan fingerprint density at radius 2 is 1.85 bits per heavy atom. The molecular formula is C15H32N2O3. The summed E-state index contributed by atoms with van der Waals surface area (Å²) in [6, 6.07) is 0.496. The molecule has 120 valence electrons. The van der Waals surface area contributed by atoms with Crippen molar-refractivity contribution in [3.63, 3.8) is 0 Å². The van der Waals surface area contributed by atoms with Gasteiger partial charge in [0.1, 0.15) is 5.60 Å². The summed E-state index contributed by atoms with van der Waals surface area (Å²) < 4.78 is 10.5. The number of carbonyl (C=O) groups excluding carboxylic acids is 1. The van der Waals surface area contributed by atoms with E-state index in [0.29, 0.717) is 19.1 Å². The zero-order chi connectivity index (χ0) is 15.8. The molecular weight excluding hydrogens is 256 g/mol. The summed E-state index contributed by atoms with van der Waals surface area (Å²) in [5, 5.41) is 6.34. The molecule has 2 atom stereocenters. The van der Waals surface area contributed by atoms with Crippen molar-refractivity contribution >= 4 is 6.09 Å². The monoisotopic (exact) mass is 288 g/mol. The van der Waals surface area contributed by atoms with Gasteiger partial charge in [-0.05, 0) is 33.1 Å². The topological polar surface area (TPSA) is 59.6 Å². The maximum Gasteiger partial charge on any atom is 0.407 e. The molecule has 1 amide bonds. The molecule has 0 aliphatic heterocycles. The third-order valence-electron chi connectivity index (χ3n) is 2.99. The maximum absolute atomic E-state index is 11.6. The molecule has 0 spiro atoms. The first-order chi connectivity index (χ1) is 9.19. The Balaban J connectivity index is 4.23. The quantitative estimate of drug-likeness (QED) is 0.720. The van der Waals surface area contributed by atoms with E-state index in [2.05, 4.69) is 31.4 Å². The number of hydrogen-bond acceptors (Lipinski definition) is 4. The second-order valence-corrected chi connectivity index (χ2v) is 6.46. The van der Waals surface area contributed by atoms with Crippen molar-refractivity contribution in [2.75, 3.05) is 20.3 Å². The van der Waals surface area contributed by atoms with Crippen LogP contribution in [0.15, 0.2) is 0 Å². The van der Waals surface area contributed by atoms with E-state index in [1.54, 1.807) is 7.11 Å². The summed E-state index contributed by atoms with van der Waals surface area (Å²) in [7, 11) is 1.71. The van der Waals surface area contributed by atoms with Gasteiger partial charge in [0.25, 0.3) is 0 Å². The highest BCUT2D eigenvalue weighted by atomic mass is 16.6. The maximum atomic E-state index is 11.6. The van der Waals surface area contributed by atoms with Gasteiger partial charge in [-0.2, -0.15) is 0 Å². The summed E-state index contributed by atoms with van der Waals surface area (Å²) in [5.74, 6) is 0.477. The van der Waals surface area contributed by atoms with Crippen LogP contribution in [0.4, 0.5) is 4.79 Å². The van der Waals surface area contributed by atoms with Crippen molar-refractivity contribution in [2.45, 2.75) is 65.6 Å². The number of carbonyl (C=O) groups is 1. The lowest BCUT2D eigenvalue weighted by atomic mass is 10.0. The van der Waals surface area contributed by atoms with Crippen LogP contribution < -0.4 is 10.6 Å². The Hall–Kier alpha value is -0.810. The SMILES string of the molecule is CCC(CNC(=O)OC(C)(C)C)NC(COC)C(C)C. The molecule has 0 saturated carbocycles. The van der Waals surface area contributed by atoms with Gasteiger partial charge >= 0.3 is 6.09 Å². The fraction of sp³-hybridized carbons (Fsp3) is 0.933. The van der Waals surface area contributed by atoms with E-state index < -0.39 is 5.60 Å². The molecule has 0 heterocycles. The Morgan fingerprint density at radius 1 is 1.25 bits per heavy atom. The highest BCUT2D eigenvalue weighted by Crippen LogP contribution is 2.07. The lowest BCUT2D eigenvalue weighted by molar-refractivity contribution is 0.0519. The minimum absolute atomic E-state index is 0.213. The lowest BCUT2D eigenvalue weighted by Crippen LogP contribution is -2.49. The second kappa shape index (κ2) is 9.19. The van der Waals surface area contributed by atoms with Crippen LogP contribution in [0.1, 0.15) is 48.0 Å². The van der Waals surface area contributed by atoms with E-state index in [0.717, 1.165) is 6.42 Å². The Kier molecular flexibility index (Phi) is 8.81. The average Bonchev–Trinajstić information content (AvgIpc) is 2.30. The van der Waals surface area contributed by atoms with Gasteiger partial charge in [-0.15, -0.1) is 0 Å². The van der Waals surface area contributed by atoms with E-state index in [1.807, 2.05) is 20.8 Å². The summed E-state index contributed by atoms with van der Waals surface area (Å²) in [5.41, 5.74) is -0.463. The van der Waals surface area contributed by atoms with Gasteiger partial charge in [-0.1, -0.05) is 20.8 Å². The van der Waals surface area contributed by atoms with E-state index in [1.165, 1.54) is 0 Å². The first kappa shape index (κ1) is 19.2. The normalized spacial score (nSPS) is 15.0. The van der Waals surface area contributed by atoms with Gasteiger partial charge in [0.2, 0.25) is 0 Å². The number of nitrogens with one attached hydrogen (secondary N) is 2. The third-order valence-corrected chi connectivity index (χ3v) is 2.99. The van der Waals surface area contributed by atoms with Gasteiger partial charge in [-0.3, -0.25) is 0 Å². The fourth-order valence-corrected chi connectivity index (χ4v) is 1.76. The molecule has 0 aliphatic carbocycles. The molecule has 0 bridgehead atoms. The van der Waals surface area contributed by atoms with Crippen LogP contribution in [0.3, 0.4) is 0 Å². The molecule has 0 aromatic rings. The first-order valence-electron chi connectivity index (χ1n) is 7.41. The summed E-state index contributed by atoms with van der Waals surface area (Å²) in [4.78, 5) is 11.6. The number of ether oxygens (including phenoxy) is 2. The van der Waals surface area contributed by atoms with E-state index in [4.69, 9.17) is 9.47 Å². The van der Waals surface area contributed by atoms with Crippen LogP contribution in [0.2, 0.25) is 0 Å². The Morgan fingerprint density at radius 3 is 2.25 bits per heavy atom. The number of alkyl carbamates (subject to hydrolysis) is 1. The molecule has 0 aromatic heterocycles. The van der Waals surface area contributed by atoms with E-state index >= 15 is 0 Å². The van der Waals surface area contributed by atoms with Crippen LogP contribution in [0.25, 0.3) is 0 Å². The second-order valence-electron chi connectivity index (χ2n) is 6.46. The largest absolute Gasteiger partial charge is 0.444 e. The van der Waals surface area contributed by atoms with Crippen LogP contribution in [-0.2, 0) is 9.47 Å². The van der Waals surface area contributed by atoms with Crippen molar-refractivity contribution < 1.29 is 14.3 Å². The minimum atomic E-state index is -0.463. The summed E-state index contributed by atoms with van der Waals surface area (Å²) in [6.45, 7) is 13.2. The molecule has 2 N–H and O–H groups in total. The summed E-state index contributed by atoms with van der Waals surface area (Å²) >= 11 is 0. The van der Waals surface area contributed by atoms with Crippen LogP contribution in [0, 0.1) is 5.92 Å². The molecule has 0 aromatic carbocycles. The van der Waals surface area contributed by atoms with E-state index in [-0.39, 0.29) is 18.2 Å². The lowest BCUT2D eigenvalue weighted by Gasteiger charge is -2.28. The zero-order valence-electron chi connectivity index (χ0n) is 14.1. The highest BCUT2D eigenvalue weighted by Gasteiger charge is 2.20. The first-order valence-corrected chi connectivity index (χ1v) is 7.41. The molecule has 5 heteroatoms. The molecule has 20 heavy (non-hydrogen) atoms. The molecule has 2 unspecified atom stereocenters. The van der Waals surface area contributed by atoms with Gasteiger partial charge in [0.15, 0.2) is 0 Å². The standard InChI is InChI=1S/C15H32N2O3/c1-8-12(17-13(10-19-7)11(2)3)9-16-14(18)20-15(4,5)6/h11-13,17H,8-10H2,1-7H3,(H,16,18). The van der Waals surface area contributed by atoms with Gasteiger partial charge < -0.3 is 20.1 Å². The van der Waals surface area contributed by atoms with Crippen LogP contribution in [0.5, 0.6) is 0 Å². The highest BCUT2D eigenvalue weighted by molar-refractivity contribution is 5.67. The predicted molar refractivity (Wildman–Crippen MR) is 82.0 cm³/mol. The molecule has 0 saturated heterocycles. The van der Waals surface area contributed by atoms with Crippen molar-refractivity contribution in [2.24, 2.45) is 5.92 Å². The van der Waals surface area contributed by atoms with Gasteiger partial charge in [0, 0.05) is 25.7 Å². The number of hydrogen-bond donors (Lipinski definition) is 2. The van der Waals surface area contributed by atoms with E-state index in [9.17, 15) is 4.79 Å². The molecule has 5 nitrogen and oxygen atoms in total. The number of methoxy groups -OCH3 is 1. The van der Waals surface area contributed by atoms with Gasteiger partial charge in [0.05, 0.1) is 6.61 Å². The third kappa shape index (κ3) is 9.15. The molecule has 0 radical (unpaired) electrons. The molecule has 0 fully saturated rings. The minimum Gasteiger partial charge on any atom is -0.444 e. The smallest absolute Gasteiger partial charge is 0.407 e.